The second-order valence-electron chi connectivity index (χ2n) is 16.9. The number of alkyl halides is 6. The third kappa shape index (κ3) is 16.5. The van der Waals surface area contributed by atoms with Crippen LogP contribution in [0.5, 0.6) is 11.5 Å². The van der Waals surface area contributed by atoms with Gasteiger partial charge < -0.3 is 29.6 Å². The fourth-order valence-corrected chi connectivity index (χ4v) is 7.35. The second kappa shape index (κ2) is 26.3. The van der Waals surface area contributed by atoms with E-state index >= 15 is 0 Å². The molecule has 0 unspecified atom stereocenters. The summed E-state index contributed by atoms with van der Waals surface area (Å²) in [7, 11) is 0. The topological polar surface area (TPSA) is 129 Å². The lowest BCUT2D eigenvalue weighted by molar-refractivity contribution is -0.138. The Morgan fingerprint density at radius 2 is 0.803 bits per heavy atom. The van der Waals surface area contributed by atoms with Gasteiger partial charge in [-0.2, -0.15) is 26.3 Å². The molecule has 0 bridgehead atoms. The Hall–Kier alpha value is -9.02. The maximum absolute atomic E-state index is 14.3. The average Bonchev–Trinajstić information content (AvgIpc) is 3.40. The van der Waals surface area contributed by atoms with Crippen molar-refractivity contribution in [3.8, 4) is 46.3 Å². The van der Waals surface area contributed by atoms with Crippen molar-refractivity contribution in [1.82, 2.24) is 0 Å². The van der Waals surface area contributed by atoms with E-state index in [1.807, 2.05) is 26.0 Å². The largest absolute Gasteiger partial charge is 0.494 e. The zero-order valence-corrected chi connectivity index (χ0v) is 41.3. The van der Waals surface area contributed by atoms with Gasteiger partial charge in [-0.3, -0.25) is 9.59 Å². The van der Waals surface area contributed by atoms with Crippen molar-refractivity contribution in [3.63, 3.8) is 0 Å². The number of nitrogens with one attached hydrogen (secondary N) is 2. The van der Waals surface area contributed by atoms with E-state index in [2.05, 4.69) is 47.5 Å². The third-order valence-electron chi connectivity index (χ3n) is 11.3. The lowest BCUT2D eigenvalue weighted by Crippen LogP contribution is -2.17. The van der Waals surface area contributed by atoms with Crippen molar-refractivity contribution in [1.29, 1.82) is 0 Å². The molecular formula is C60H50F6N2O8. The van der Waals surface area contributed by atoms with E-state index in [-0.39, 0.29) is 35.5 Å². The van der Waals surface area contributed by atoms with Crippen molar-refractivity contribution in [2.45, 2.75) is 51.9 Å². The number of amides is 2. The van der Waals surface area contributed by atoms with Crippen LogP contribution in [0.15, 0.2) is 147 Å². The monoisotopic (exact) mass is 1040 g/mol. The van der Waals surface area contributed by atoms with Crippen LogP contribution in [0.3, 0.4) is 0 Å². The van der Waals surface area contributed by atoms with Crippen LogP contribution in [0, 0.1) is 37.5 Å². The van der Waals surface area contributed by atoms with Crippen LogP contribution in [0.2, 0.25) is 0 Å². The summed E-state index contributed by atoms with van der Waals surface area (Å²) >= 11 is 0. The van der Waals surface area contributed by atoms with Crippen LogP contribution in [-0.4, -0.2) is 50.2 Å². The first-order valence-electron chi connectivity index (χ1n) is 23.7. The normalized spacial score (nSPS) is 10.9. The summed E-state index contributed by atoms with van der Waals surface area (Å²) in [4.78, 5) is 48.2. The van der Waals surface area contributed by atoms with Crippen LogP contribution in [0.25, 0.3) is 11.1 Å². The molecule has 0 atom stereocenters. The van der Waals surface area contributed by atoms with Gasteiger partial charge in [0.25, 0.3) is 11.8 Å². The quantitative estimate of drug-likeness (QED) is 0.0270. The second-order valence-corrected chi connectivity index (χ2v) is 16.9. The summed E-state index contributed by atoms with van der Waals surface area (Å²) in [5.74, 6) is 9.78. The van der Waals surface area contributed by atoms with Crippen LogP contribution in [-0.2, 0) is 31.4 Å². The molecule has 2 N–H and O–H groups in total. The Bertz CT molecular complexity index is 3020. The Kier molecular flexibility index (Phi) is 19.5. The average molecular weight is 1040 g/mol. The van der Waals surface area contributed by atoms with E-state index in [0.29, 0.717) is 61.5 Å². The van der Waals surface area contributed by atoms with Gasteiger partial charge >= 0.3 is 24.3 Å². The number of hydrogen-bond acceptors (Lipinski definition) is 8. The molecule has 0 aliphatic rings. The van der Waals surface area contributed by atoms with Crippen molar-refractivity contribution in [2.24, 2.45) is 0 Å². The molecule has 76 heavy (non-hydrogen) atoms. The number of aryl methyl sites for hydroxylation is 2. The lowest BCUT2D eigenvalue weighted by Gasteiger charge is -2.14. The van der Waals surface area contributed by atoms with Gasteiger partial charge in [0, 0.05) is 45.5 Å². The summed E-state index contributed by atoms with van der Waals surface area (Å²) in [5.41, 5.74) is 1.72. The number of carbonyl (C=O) groups excluding carboxylic acids is 4. The molecule has 0 heterocycles. The van der Waals surface area contributed by atoms with Crippen molar-refractivity contribution in [2.75, 3.05) is 37.1 Å². The molecule has 0 fully saturated rings. The van der Waals surface area contributed by atoms with Crippen LogP contribution in [0.1, 0.15) is 90.9 Å². The highest BCUT2D eigenvalue weighted by atomic mass is 19.4. The molecule has 0 saturated carbocycles. The highest BCUT2D eigenvalue weighted by molar-refractivity contribution is 6.05. The lowest BCUT2D eigenvalue weighted by atomic mass is 9.94. The van der Waals surface area contributed by atoms with Crippen molar-refractivity contribution in [3.05, 3.63) is 202 Å². The summed E-state index contributed by atoms with van der Waals surface area (Å²) in [6.45, 7) is 11.4. The Morgan fingerprint density at radius 1 is 0.474 bits per heavy atom. The van der Waals surface area contributed by atoms with Crippen LogP contribution < -0.4 is 20.1 Å². The molecule has 390 valence electrons. The van der Waals surface area contributed by atoms with Gasteiger partial charge in [0.2, 0.25) is 0 Å². The number of anilines is 2. The Morgan fingerprint density at radius 3 is 1.13 bits per heavy atom. The van der Waals surface area contributed by atoms with Crippen molar-refractivity contribution < 1.29 is 64.5 Å². The standard InChI is InChI=1S/C60H50F6N2O8/c1-5-55(69)75-33-9-7-31-73-47-23-19-45(20-24-47)57(71)67-53-29-17-43(37-51(53)59(61,62)63)13-11-41-15-27-49(39(3)35-41)50-28-16-42(36-40(50)4)12-14-44-18-30-54(52(38-44)60(64,65)66)68-58(72)46-21-25-48(26-22-46)74-32-8-10-34-76-56(70)6-2/h5-6,15-30,35-38H,1-2,7-10,31-34H2,3-4H3,(H,67,71)(H,68,72). The zero-order valence-electron chi connectivity index (χ0n) is 41.3. The number of hydrogen-bond donors (Lipinski definition) is 2. The fourth-order valence-electron chi connectivity index (χ4n) is 7.35. The number of unbranched alkanes of at least 4 members (excludes halogenated alkanes) is 2. The number of rotatable bonds is 19. The van der Waals surface area contributed by atoms with E-state index in [1.54, 1.807) is 24.3 Å². The highest BCUT2D eigenvalue weighted by Crippen LogP contribution is 2.37. The maximum atomic E-state index is 14.3. The molecule has 0 aromatic heterocycles. The molecule has 2 amide bonds. The Balaban J connectivity index is 1.06. The highest BCUT2D eigenvalue weighted by Gasteiger charge is 2.35. The van der Waals surface area contributed by atoms with E-state index < -0.39 is 58.6 Å². The van der Waals surface area contributed by atoms with E-state index in [9.17, 15) is 45.5 Å². The maximum Gasteiger partial charge on any atom is 0.418 e. The van der Waals surface area contributed by atoms with E-state index in [1.165, 1.54) is 60.7 Å². The van der Waals surface area contributed by atoms with Gasteiger partial charge in [-0.05, 0) is 171 Å². The minimum Gasteiger partial charge on any atom is -0.494 e. The van der Waals surface area contributed by atoms with Crippen molar-refractivity contribution >= 4 is 35.1 Å². The molecule has 0 spiro atoms. The fraction of sp³-hybridized carbons (Fsp3) is 0.200. The minimum absolute atomic E-state index is 0.0681. The first-order valence-corrected chi connectivity index (χ1v) is 23.7. The molecule has 0 radical (unpaired) electrons. The molecule has 6 aromatic carbocycles. The van der Waals surface area contributed by atoms with Gasteiger partial charge in [0.05, 0.1) is 48.9 Å². The number of benzene rings is 6. The predicted molar refractivity (Wildman–Crippen MR) is 277 cm³/mol. The zero-order chi connectivity index (χ0) is 54.8. The van der Waals surface area contributed by atoms with E-state index in [0.717, 1.165) is 58.7 Å². The SMILES string of the molecule is C=CC(=O)OCCCCOc1ccc(C(=O)Nc2ccc(C#Cc3ccc(-c4ccc(C#Cc5ccc(NC(=O)c6ccc(OCCCCOC(=O)C=C)cc6)c(C(F)(F)F)c5)cc4C)c(C)c3)cc2C(F)(F)F)cc1. The molecular weight excluding hydrogens is 991 g/mol. The first-order chi connectivity index (χ1) is 36.3. The van der Waals surface area contributed by atoms with Gasteiger partial charge in [0.1, 0.15) is 11.5 Å². The number of esters is 2. The molecule has 0 aliphatic carbocycles. The molecule has 6 rings (SSSR count). The smallest absolute Gasteiger partial charge is 0.418 e. The number of ether oxygens (including phenoxy) is 4. The predicted octanol–water partition coefficient (Wildman–Crippen LogP) is 13.1. The van der Waals surface area contributed by atoms with E-state index in [4.69, 9.17) is 18.9 Å². The molecule has 0 saturated heterocycles. The van der Waals surface area contributed by atoms with Gasteiger partial charge in [-0.15, -0.1) is 0 Å². The van der Waals surface area contributed by atoms with Gasteiger partial charge in [0.15, 0.2) is 0 Å². The van der Waals surface area contributed by atoms with Gasteiger partial charge in [-0.1, -0.05) is 49.0 Å². The van der Waals surface area contributed by atoms with Gasteiger partial charge in [-0.25, -0.2) is 9.59 Å². The number of carbonyl (C=O) groups is 4. The summed E-state index contributed by atoms with van der Waals surface area (Å²) in [5, 5.41) is 4.70. The molecule has 6 aromatic rings. The molecule has 16 heteroatoms. The third-order valence-corrected chi connectivity index (χ3v) is 11.3. The Labute approximate surface area is 435 Å². The summed E-state index contributed by atoms with van der Waals surface area (Å²) < 4.78 is 107. The summed E-state index contributed by atoms with van der Waals surface area (Å²) in [6, 6.07) is 29.4. The molecule has 10 nitrogen and oxygen atoms in total. The summed E-state index contributed by atoms with van der Waals surface area (Å²) in [6.07, 6.45) is -5.17. The minimum atomic E-state index is -4.81. The van der Waals surface area contributed by atoms with Crippen LogP contribution >= 0.6 is 0 Å². The van der Waals surface area contributed by atoms with Crippen LogP contribution in [0.4, 0.5) is 37.7 Å². The first kappa shape index (κ1) is 56.3. The molecule has 0 aliphatic heterocycles. The number of halogens is 6.